The summed E-state index contributed by atoms with van der Waals surface area (Å²) in [5, 5.41) is 15.9. The van der Waals surface area contributed by atoms with Crippen LogP contribution in [0.5, 0.6) is 0 Å². The average molecular weight is 455 g/mol. The van der Waals surface area contributed by atoms with Crippen molar-refractivity contribution >= 4 is 29.4 Å². The Bertz CT molecular complexity index is 1070. The minimum atomic E-state index is -0.574. The van der Waals surface area contributed by atoms with Gasteiger partial charge in [0.15, 0.2) is 0 Å². The third kappa shape index (κ3) is 5.47. The summed E-state index contributed by atoms with van der Waals surface area (Å²) >= 11 is 0. The Morgan fingerprint density at radius 3 is 2.33 bits per heavy atom. The second kappa shape index (κ2) is 10.3. The molecule has 1 aliphatic rings. The number of nitro benzene ring substituents is 1. The van der Waals surface area contributed by atoms with Crippen molar-refractivity contribution in [3.63, 3.8) is 0 Å². The van der Waals surface area contributed by atoms with Gasteiger partial charge in [0.25, 0.3) is 17.5 Å². The van der Waals surface area contributed by atoms with E-state index < -0.39 is 22.7 Å². The Hall–Kier alpha value is -4.35. The zero-order valence-corrected chi connectivity index (χ0v) is 17.7. The van der Waals surface area contributed by atoms with Crippen molar-refractivity contribution in [2.75, 3.05) is 26.7 Å². The van der Waals surface area contributed by atoms with E-state index in [9.17, 15) is 29.3 Å². The third-order valence-corrected chi connectivity index (χ3v) is 4.92. The van der Waals surface area contributed by atoms with Crippen molar-refractivity contribution in [3.05, 3.63) is 69.5 Å². The lowest BCUT2D eigenvalue weighted by molar-refractivity contribution is -0.384. The molecule has 12 nitrogen and oxygen atoms in total. The number of esters is 1. The maximum atomic E-state index is 12.8. The summed E-state index contributed by atoms with van der Waals surface area (Å²) in [6.07, 6.45) is 1.78. The Labute approximate surface area is 188 Å². The second-order valence-electron chi connectivity index (χ2n) is 7.03. The van der Waals surface area contributed by atoms with E-state index in [4.69, 9.17) is 0 Å². The minimum absolute atomic E-state index is 0.0270. The van der Waals surface area contributed by atoms with Crippen LogP contribution in [-0.4, -0.2) is 70.4 Å². The molecule has 0 bridgehead atoms. The van der Waals surface area contributed by atoms with Gasteiger partial charge in [0.1, 0.15) is 5.69 Å². The normalized spacial score (nSPS) is 12.9. The lowest BCUT2D eigenvalue weighted by atomic mass is 10.2. The van der Waals surface area contributed by atoms with Crippen molar-refractivity contribution in [2.24, 2.45) is 0 Å². The van der Waals surface area contributed by atoms with Gasteiger partial charge in [-0.15, -0.1) is 0 Å². The van der Waals surface area contributed by atoms with E-state index in [1.165, 1.54) is 59.7 Å². The van der Waals surface area contributed by atoms with E-state index >= 15 is 0 Å². The Kier molecular flexibility index (Phi) is 7.28. The van der Waals surface area contributed by atoms with Crippen LogP contribution in [0, 0.1) is 10.1 Å². The fourth-order valence-electron chi connectivity index (χ4n) is 3.22. The summed E-state index contributed by atoms with van der Waals surface area (Å²) in [7, 11) is 1.24. The number of pyridine rings is 1. The van der Waals surface area contributed by atoms with Gasteiger partial charge in [-0.3, -0.25) is 34.5 Å². The standard InChI is InChI=1S/C21H21N5O7/c1-33-21(30)15-5-8-17(23-13-15)20(29)25-12-2-11-24(25)18(27)9-10-22-19(28)14-3-6-16(7-4-14)26(31)32/h3-8,13H,2,9-12H2,1H3,(H,22,28). The van der Waals surface area contributed by atoms with Crippen LogP contribution in [0.15, 0.2) is 42.6 Å². The van der Waals surface area contributed by atoms with Crippen LogP contribution in [-0.2, 0) is 9.53 Å². The van der Waals surface area contributed by atoms with Gasteiger partial charge in [-0.25, -0.2) is 9.80 Å². The fourth-order valence-corrected chi connectivity index (χ4v) is 3.22. The highest BCUT2D eigenvalue weighted by molar-refractivity contribution is 5.96. The smallest absolute Gasteiger partial charge is 0.339 e. The summed E-state index contributed by atoms with van der Waals surface area (Å²) in [5.74, 6) is -1.87. The number of hydrogen-bond donors (Lipinski definition) is 1. The number of non-ortho nitro benzene ring substituents is 1. The van der Waals surface area contributed by atoms with Gasteiger partial charge in [-0.05, 0) is 30.7 Å². The largest absolute Gasteiger partial charge is 0.465 e. The lowest BCUT2D eigenvalue weighted by Crippen LogP contribution is -2.46. The van der Waals surface area contributed by atoms with Gasteiger partial charge >= 0.3 is 5.97 Å². The highest BCUT2D eigenvalue weighted by Gasteiger charge is 2.31. The second-order valence-corrected chi connectivity index (χ2v) is 7.03. The minimum Gasteiger partial charge on any atom is -0.465 e. The van der Waals surface area contributed by atoms with Gasteiger partial charge in [0, 0.05) is 49.9 Å². The van der Waals surface area contributed by atoms with Crippen LogP contribution in [0.3, 0.4) is 0 Å². The van der Waals surface area contributed by atoms with Crippen molar-refractivity contribution in [2.45, 2.75) is 12.8 Å². The first-order valence-electron chi connectivity index (χ1n) is 10.0. The molecule has 3 rings (SSSR count). The Morgan fingerprint density at radius 2 is 1.73 bits per heavy atom. The quantitative estimate of drug-likeness (QED) is 0.371. The zero-order valence-electron chi connectivity index (χ0n) is 17.7. The molecule has 1 aromatic heterocycles. The molecule has 1 fully saturated rings. The highest BCUT2D eigenvalue weighted by atomic mass is 16.6. The van der Waals surface area contributed by atoms with Crippen molar-refractivity contribution in [3.8, 4) is 0 Å². The topological polar surface area (TPSA) is 152 Å². The zero-order chi connectivity index (χ0) is 24.0. The summed E-state index contributed by atoms with van der Waals surface area (Å²) in [6.45, 7) is 0.709. The number of methoxy groups -OCH3 is 1. The van der Waals surface area contributed by atoms with E-state index in [-0.39, 0.29) is 41.4 Å². The summed E-state index contributed by atoms with van der Waals surface area (Å²) in [6, 6.07) is 7.91. The number of rotatable bonds is 7. The molecule has 0 unspecified atom stereocenters. The number of nitrogens with one attached hydrogen (secondary N) is 1. The Balaban J connectivity index is 1.54. The highest BCUT2D eigenvalue weighted by Crippen LogP contribution is 2.16. The number of hydrogen-bond acceptors (Lipinski definition) is 8. The van der Waals surface area contributed by atoms with Gasteiger partial charge in [0.05, 0.1) is 17.6 Å². The molecule has 0 spiro atoms. The van der Waals surface area contributed by atoms with Crippen LogP contribution >= 0.6 is 0 Å². The molecule has 0 saturated carbocycles. The number of amides is 3. The maximum Gasteiger partial charge on any atom is 0.339 e. The van der Waals surface area contributed by atoms with E-state index in [1.807, 2.05) is 0 Å². The molecule has 33 heavy (non-hydrogen) atoms. The van der Waals surface area contributed by atoms with Crippen LogP contribution in [0.1, 0.15) is 44.0 Å². The number of carbonyl (C=O) groups excluding carboxylic acids is 4. The molecule has 0 aliphatic carbocycles. The molecule has 1 saturated heterocycles. The number of benzene rings is 1. The molecule has 0 atom stereocenters. The summed E-state index contributed by atoms with van der Waals surface area (Å²) in [4.78, 5) is 63.2. The van der Waals surface area contributed by atoms with Crippen LogP contribution < -0.4 is 5.32 Å². The van der Waals surface area contributed by atoms with Gasteiger partial charge in [-0.2, -0.15) is 0 Å². The van der Waals surface area contributed by atoms with Gasteiger partial charge < -0.3 is 10.1 Å². The number of nitro groups is 1. The van der Waals surface area contributed by atoms with E-state index in [0.717, 1.165) is 0 Å². The fraction of sp³-hybridized carbons (Fsp3) is 0.286. The molecular formula is C21H21N5O7. The summed E-state index contributed by atoms with van der Waals surface area (Å²) < 4.78 is 4.60. The number of hydrazine groups is 1. The SMILES string of the molecule is COC(=O)c1ccc(C(=O)N2CCCN2C(=O)CCNC(=O)c2ccc([N+](=O)[O-])cc2)nc1. The molecule has 2 aromatic rings. The van der Waals surface area contributed by atoms with E-state index in [0.29, 0.717) is 19.5 Å². The maximum absolute atomic E-state index is 12.8. The first kappa shape index (κ1) is 23.3. The molecular weight excluding hydrogens is 434 g/mol. The van der Waals surface area contributed by atoms with Gasteiger partial charge in [0.2, 0.25) is 5.91 Å². The van der Waals surface area contributed by atoms with Crippen molar-refractivity contribution in [1.82, 2.24) is 20.3 Å². The summed E-state index contributed by atoms with van der Waals surface area (Å²) in [5.41, 5.74) is 0.378. The third-order valence-electron chi connectivity index (χ3n) is 4.92. The lowest BCUT2D eigenvalue weighted by Gasteiger charge is -2.27. The molecule has 0 radical (unpaired) electrons. The number of nitrogens with zero attached hydrogens (tertiary/aromatic N) is 4. The van der Waals surface area contributed by atoms with Gasteiger partial charge in [-0.1, -0.05) is 0 Å². The molecule has 1 aromatic carbocycles. The number of carbonyl (C=O) groups is 4. The molecule has 3 amide bonds. The monoisotopic (exact) mass is 455 g/mol. The first-order valence-corrected chi connectivity index (χ1v) is 10.0. The Morgan fingerprint density at radius 1 is 1.06 bits per heavy atom. The molecule has 1 N–H and O–H groups in total. The van der Waals surface area contributed by atoms with E-state index in [1.54, 1.807) is 0 Å². The number of ether oxygens (including phenoxy) is 1. The van der Waals surface area contributed by atoms with Crippen LogP contribution in [0.4, 0.5) is 5.69 Å². The predicted octanol–water partition coefficient (Wildman–Crippen LogP) is 1.19. The van der Waals surface area contributed by atoms with Crippen LogP contribution in [0.25, 0.3) is 0 Å². The molecule has 1 aliphatic heterocycles. The van der Waals surface area contributed by atoms with Crippen molar-refractivity contribution in [1.29, 1.82) is 0 Å². The van der Waals surface area contributed by atoms with Crippen LogP contribution in [0.2, 0.25) is 0 Å². The predicted molar refractivity (Wildman–Crippen MR) is 113 cm³/mol. The molecule has 2 heterocycles. The molecule has 12 heteroatoms. The molecule has 172 valence electrons. The van der Waals surface area contributed by atoms with E-state index in [2.05, 4.69) is 15.0 Å². The first-order chi connectivity index (χ1) is 15.8. The van der Waals surface area contributed by atoms with Crippen molar-refractivity contribution < 1.29 is 28.8 Å². The average Bonchev–Trinajstić information content (AvgIpc) is 3.33. The number of aromatic nitrogens is 1.